The highest BCUT2D eigenvalue weighted by Gasteiger charge is 2.10. The van der Waals surface area contributed by atoms with E-state index in [1.54, 1.807) is 12.4 Å². The molecule has 0 amide bonds. The molecule has 2 rings (SSSR count). The van der Waals surface area contributed by atoms with Gasteiger partial charge in [0.25, 0.3) is 0 Å². The molecule has 0 spiro atoms. The van der Waals surface area contributed by atoms with E-state index in [0.717, 1.165) is 26.7 Å². The standard InChI is InChI=1S/C14H14Br2N2O/c1-9(2)12-5-11(16)3-4-13(12)19-14-17-7-10(6-15)8-18-14/h3-5,7-9H,6H2,1-2H3. The van der Waals surface area contributed by atoms with Gasteiger partial charge in [-0.2, -0.15) is 0 Å². The molecule has 0 aliphatic rings. The van der Waals surface area contributed by atoms with Gasteiger partial charge in [-0.15, -0.1) is 0 Å². The molecule has 0 N–H and O–H groups in total. The van der Waals surface area contributed by atoms with Crippen molar-refractivity contribution in [3.05, 3.63) is 46.2 Å². The molecule has 0 bridgehead atoms. The molecule has 1 heterocycles. The van der Waals surface area contributed by atoms with Crippen LogP contribution in [0.25, 0.3) is 0 Å². The molecule has 1 aromatic heterocycles. The van der Waals surface area contributed by atoms with Gasteiger partial charge in [0.15, 0.2) is 0 Å². The van der Waals surface area contributed by atoms with Gasteiger partial charge in [-0.25, -0.2) is 9.97 Å². The number of ether oxygens (including phenoxy) is 1. The van der Waals surface area contributed by atoms with Gasteiger partial charge in [-0.3, -0.25) is 0 Å². The van der Waals surface area contributed by atoms with Crippen LogP contribution < -0.4 is 4.74 Å². The number of aromatic nitrogens is 2. The second-order valence-corrected chi connectivity index (χ2v) is 5.92. The third-order valence-corrected chi connectivity index (χ3v) is 3.77. The summed E-state index contributed by atoms with van der Waals surface area (Å²) in [4.78, 5) is 8.39. The van der Waals surface area contributed by atoms with Crippen LogP contribution in [-0.4, -0.2) is 9.97 Å². The molecule has 5 heteroatoms. The van der Waals surface area contributed by atoms with E-state index in [2.05, 4.69) is 61.7 Å². The molecule has 19 heavy (non-hydrogen) atoms. The van der Waals surface area contributed by atoms with Gasteiger partial charge >= 0.3 is 6.01 Å². The molecule has 2 aromatic rings. The molecular formula is C14H14Br2N2O. The van der Waals surface area contributed by atoms with Crippen molar-refractivity contribution in [2.75, 3.05) is 0 Å². The Labute approximate surface area is 129 Å². The smallest absolute Gasteiger partial charge is 0.321 e. The Hall–Kier alpha value is -0.940. The molecule has 0 saturated carbocycles. The summed E-state index contributed by atoms with van der Waals surface area (Å²) in [6.07, 6.45) is 3.51. The van der Waals surface area contributed by atoms with Crippen molar-refractivity contribution in [3.63, 3.8) is 0 Å². The lowest BCUT2D eigenvalue weighted by Crippen LogP contribution is -1.97. The van der Waals surface area contributed by atoms with Crippen LogP contribution in [0.2, 0.25) is 0 Å². The lowest BCUT2D eigenvalue weighted by molar-refractivity contribution is 0.433. The van der Waals surface area contributed by atoms with Crippen molar-refractivity contribution in [1.82, 2.24) is 9.97 Å². The molecule has 0 aliphatic carbocycles. The number of benzene rings is 1. The van der Waals surface area contributed by atoms with E-state index >= 15 is 0 Å². The van der Waals surface area contributed by atoms with E-state index in [-0.39, 0.29) is 0 Å². The van der Waals surface area contributed by atoms with Crippen molar-refractivity contribution in [2.45, 2.75) is 25.1 Å². The van der Waals surface area contributed by atoms with Crippen molar-refractivity contribution in [1.29, 1.82) is 0 Å². The van der Waals surface area contributed by atoms with E-state index in [1.807, 2.05) is 12.1 Å². The number of nitrogens with zero attached hydrogens (tertiary/aromatic N) is 2. The van der Waals surface area contributed by atoms with E-state index in [9.17, 15) is 0 Å². The SMILES string of the molecule is CC(C)c1cc(Br)ccc1Oc1ncc(CBr)cn1. The van der Waals surface area contributed by atoms with E-state index < -0.39 is 0 Å². The fraction of sp³-hybridized carbons (Fsp3) is 0.286. The number of hydrogen-bond acceptors (Lipinski definition) is 3. The fourth-order valence-corrected chi connectivity index (χ4v) is 2.29. The van der Waals surface area contributed by atoms with Gasteiger partial charge in [0.1, 0.15) is 5.75 Å². The summed E-state index contributed by atoms with van der Waals surface area (Å²) >= 11 is 6.84. The molecule has 3 nitrogen and oxygen atoms in total. The van der Waals surface area contributed by atoms with Gasteiger partial charge in [0, 0.05) is 22.2 Å². The first-order valence-electron chi connectivity index (χ1n) is 5.94. The van der Waals surface area contributed by atoms with Crippen LogP contribution in [0.4, 0.5) is 0 Å². The van der Waals surface area contributed by atoms with Gasteiger partial charge in [-0.05, 0) is 35.2 Å². The maximum Gasteiger partial charge on any atom is 0.321 e. The Bertz CT molecular complexity index is 556. The third-order valence-electron chi connectivity index (χ3n) is 2.63. The van der Waals surface area contributed by atoms with Crippen LogP contribution in [-0.2, 0) is 5.33 Å². The highest BCUT2D eigenvalue weighted by atomic mass is 79.9. The number of alkyl halides is 1. The van der Waals surface area contributed by atoms with Crippen LogP contribution in [0.5, 0.6) is 11.8 Å². The summed E-state index contributed by atoms with van der Waals surface area (Å²) in [5.74, 6) is 1.17. The van der Waals surface area contributed by atoms with Gasteiger partial charge < -0.3 is 4.74 Å². The quantitative estimate of drug-likeness (QED) is 0.690. The molecule has 0 unspecified atom stereocenters. The average Bonchev–Trinajstić information content (AvgIpc) is 2.41. The average molecular weight is 386 g/mol. The van der Waals surface area contributed by atoms with Crippen LogP contribution in [0, 0.1) is 0 Å². The van der Waals surface area contributed by atoms with E-state index in [4.69, 9.17) is 4.74 Å². The van der Waals surface area contributed by atoms with Crippen LogP contribution in [0.15, 0.2) is 35.1 Å². The highest BCUT2D eigenvalue weighted by Crippen LogP contribution is 2.31. The summed E-state index contributed by atoms with van der Waals surface area (Å²) in [5, 5.41) is 0.739. The van der Waals surface area contributed by atoms with Crippen LogP contribution in [0.1, 0.15) is 30.9 Å². The zero-order chi connectivity index (χ0) is 13.8. The first kappa shape index (κ1) is 14.5. The number of hydrogen-bond donors (Lipinski definition) is 0. The largest absolute Gasteiger partial charge is 0.424 e. The molecule has 0 saturated heterocycles. The second kappa shape index (κ2) is 6.48. The van der Waals surface area contributed by atoms with Crippen molar-refractivity contribution >= 4 is 31.9 Å². The topological polar surface area (TPSA) is 35.0 Å². The molecule has 0 radical (unpaired) electrons. The van der Waals surface area contributed by atoms with Crippen LogP contribution in [0.3, 0.4) is 0 Å². The Balaban J connectivity index is 2.26. The molecular weight excluding hydrogens is 372 g/mol. The predicted octanol–water partition coefficient (Wildman–Crippen LogP) is 5.05. The third kappa shape index (κ3) is 3.76. The zero-order valence-electron chi connectivity index (χ0n) is 10.7. The predicted molar refractivity (Wildman–Crippen MR) is 83.0 cm³/mol. The van der Waals surface area contributed by atoms with Gasteiger partial charge in [0.2, 0.25) is 0 Å². The minimum absolute atomic E-state index is 0.369. The van der Waals surface area contributed by atoms with Crippen LogP contribution >= 0.6 is 31.9 Å². The lowest BCUT2D eigenvalue weighted by Gasteiger charge is -2.13. The maximum absolute atomic E-state index is 5.77. The maximum atomic E-state index is 5.77. The Kier molecular flexibility index (Phi) is 4.93. The number of rotatable bonds is 4. The van der Waals surface area contributed by atoms with Gasteiger partial charge in [-0.1, -0.05) is 45.7 Å². The first-order chi connectivity index (χ1) is 9.10. The second-order valence-electron chi connectivity index (χ2n) is 4.45. The summed E-state index contributed by atoms with van der Waals surface area (Å²) < 4.78 is 6.81. The summed E-state index contributed by atoms with van der Waals surface area (Å²) in [5.41, 5.74) is 2.15. The summed E-state index contributed by atoms with van der Waals surface area (Å²) in [6, 6.07) is 6.32. The summed E-state index contributed by atoms with van der Waals surface area (Å²) in [7, 11) is 0. The highest BCUT2D eigenvalue weighted by molar-refractivity contribution is 9.10. The summed E-state index contributed by atoms with van der Waals surface area (Å²) in [6.45, 7) is 4.26. The molecule has 0 fully saturated rings. The minimum Gasteiger partial charge on any atom is -0.424 e. The fourth-order valence-electron chi connectivity index (χ4n) is 1.63. The van der Waals surface area contributed by atoms with Crippen molar-refractivity contribution in [2.24, 2.45) is 0 Å². The Morgan fingerprint density at radius 1 is 1.21 bits per heavy atom. The normalized spacial score (nSPS) is 10.8. The molecule has 100 valence electrons. The number of halogens is 2. The Morgan fingerprint density at radius 2 is 1.89 bits per heavy atom. The van der Waals surface area contributed by atoms with E-state index in [1.165, 1.54) is 0 Å². The molecule has 1 aromatic carbocycles. The van der Waals surface area contributed by atoms with Crippen molar-refractivity contribution < 1.29 is 4.74 Å². The Morgan fingerprint density at radius 3 is 2.47 bits per heavy atom. The lowest BCUT2D eigenvalue weighted by atomic mass is 10.0. The zero-order valence-corrected chi connectivity index (χ0v) is 13.9. The molecule has 0 atom stereocenters. The van der Waals surface area contributed by atoms with Crippen molar-refractivity contribution in [3.8, 4) is 11.8 Å². The first-order valence-corrected chi connectivity index (χ1v) is 7.85. The van der Waals surface area contributed by atoms with Gasteiger partial charge in [0.05, 0.1) is 0 Å². The minimum atomic E-state index is 0.369. The van der Waals surface area contributed by atoms with E-state index in [0.29, 0.717) is 11.9 Å². The molecule has 0 aliphatic heterocycles. The monoisotopic (exact) mass is 384 g/mol.